The second-order valence-electron chi connectivity index (χ2n) is 9.70. The molecule has 1 amide bonds. The molecule has 0 aromatic heterocycles. The SMILES string of the molecule is C[C@H](C(=O)NC1(c2ccccc2)CCC(CN(C)C)CC1)c1cc(C(F)(F)F)cc(C(F)(F)F)c1. The summed E-state index contributed by atoms with van der Waals surface area (Å²) in [6.07, 6.45) is -7.01. The number of amides is 1. The average Bonchev–Trinajstić information content (AvgIpc) is 2.78. The number of alkyl halides is 6. The Morgan fingerprint density at radius 1 is 0.971 bits per heavy atom. The van der Waals surface area contributed by atoms with Crippen LogP contribution in [0, 0.1) is 5.92 Å². The van der Waals surface area contributed by atoms with E-state index in [4.69, 9.17) is 0 Å². The lowest BCUT2D eigenvalue weighted by Gasteiger charge is -2.42. The summed E-state index contributed by atoms with van der Waals surface area (Å²) in [6.45, 7) is 2.24. The van der Waals surface area contributed by atoms with Gasteiger partial charge in [0.25, 0.3) is 0 Å². The van der Waals surface area contributed by atoms with Crippen LogP contribution in [0.15, 0.2) is 48.5 Å². The minimum atomic E-state index is -4.97. The number of rotatable bonds is 6. The maximum absolute atomic E-state index is 13.3. The van der Waals surface area contributed by atoms with Gasteiger partial charge in [0.2, 0.25) is 5.91 Å². The van der Waals surface area contributed by atoms with E-state index in [0.29, 0.717) is 30.9 Å². The van der Waals surface area contributed by atoms with Crippen LogP contribution >= 0.6 is 0 Å². The van der Waals surface area contributed by atoms with Crippen molar-refractivity contribution in [2.75, 3.05) is 20.6 Å². The van der Waals surface area contributed by atoms with Crippen molar-refractivity contribution in [3.63, 3.8) is 0 Å². The molecule has 1 N–H and O–H groups in total. The van der Waals surface area contributed by atoms with Crippen molar-refractivity contribution in [2.24, 2.45) is 5.92 Å². The molecule has 0 radical (unpaired) electrons. The Balaban J connectivity index is 1.91. The summed E-state index contributed by atoms with van der Waals surface area (Å²) in [7, 11) is 3.99. The summed E-state index contributed by atoms with van der Waals surface area (Å²) < 4.78 is 79.9. The number of hydrogen-bond donors (Lipinski definition) is 1. The van der Waals surface area contributed by atoms with Crippen molar-refractivity contribution in [3.05, 3.63) is 70.8 Å². The third-order valence-corrected chi connectivity index (χ3v) is 6.77. The van der Waals surface area contributed by atoms with E-state index >= 15 is 0 Å². The molecule has 9 heteroatoms. The van der Waals surface area contributed by atoms with Crippen molar-refractivity contribution in [3.8, 4) is 0 Å². The molecule has 0 bridgehead atoms. The van der Waals surface area contributed by atoms with Crippen molar-refractivity contribution in [2.45, 2.75) is 56.4 Å². The lowest BCUT2D eigenvalue weighted by atomic mass is 9.72. The fourth-order valence-corrected chi connectivity index (χ4v) is 4.84. The maximum atomic E-state index is 13.3. The second-order valence-corrected chi connectivity index (χ2v) is 9.70. The highest BCUT2D eigenvalue weighted by Gasteiger charge is 2.41. The van der Waals surface area contributed by atoms with E-state index in [0.717, 1.165) is 24.9 Å². The first-order valence-electron chi connectivity index (χ1n) is 11.5. The smallest absolute Gasteiger partial charge is 0.346 e. The fraction of sp³-hybridized carbons (Fsp3) is 0.500. The van der Waals surface area contributed by atoms with Gasteiger partial charge in [-0.2, -0.15) is 26.3 Å². The Labute approximate surface area is 201 Å². The van der Waals surface area contributed by atoms with E-state index in [1.807, 2.05) is 44.4 Å². The summed E-state index contributed by atoms with van der Waals surface area (Å²) in [5.41, 5.74) is -3.03. The molecule has 192 valence electrons. The summed E-state index contributed by atoms with van der Waals surface area (Å²) in [6, 6.07) is 10.7. The van der Waals surface area contributed by atoms with Crippen LogP contribution < -0.4 is 5.32 Å². The van der Waals surface area contributed by atoms with Gasteiger partial charge in [-0.05, 0) is 81.9 Å². The number of carbonyl (C=O) groups is 1. The van der Waals surface area contributed by atoms with Crippen LogP contribution in [0.1, 0.15) is 60.8 Å². The number of benzene rings is 2. The Morgan fingerprint density at radius 3 is 1.94 bits per heavy atom. The van der Waals surface area contributed by atoms with Crippen molar-refractivity contribution >= 4 is 5.91 Å². The predicted molar refractivity (Wildman–Crippen MR) is 122 cm³/mol. The quantitative estimate of drug-likeness (QED) is 0.454. The highest BCUT2D eigenvalue weighted by atomic mass is 19.4. The zero-order valence-corrected chi connectivity index (χ0v) is 19.9. The lowest BCUT2D eigenvalue weighted by molar-refractivity contribution is -0.143. The Kier molecular flexibility index (Phi) is 7.89. The van der Waals surface area contributed by atoms with Crippen molar-refractivity contribution in [1.29, 1.82) is 0 Å². The lowest BCUT2D eigenvalue weighted by Crippen LogP contribution is -2.50. The molecule has 0 spiro atoms. The van der Waals surface area contributed by atoms with Crippen LogP contribution in [0.2, 0.25) is 0 Å². The average molecular weight is 501 g/mol. The van der Waals surface area contributed by atoms with E-state index < -0.39 is 40.8 Å². The monoisotopic (exact) mass is 500 g/mol. The number of nitrogens with one attached hydrogen (secondary N) is 1. The molecule has 35 heavy (non-hydrogen) atoms. The van der Waals surface area contributed by atoms with Gasteiger partial charge in [-0.3, -0.25) is 4.79 Å². The fourth-order valence-electron chi connectivity index (χ4n) is 4.84. The third-order valence-electron chi connectivity index (χ3n) is 6.77. The number of hydrogen-bond acceptors (Lipinski definition) is 2. The van der Waals surface area contributed by atoms with Crippen LogP contribution in [0.25, 0.3) is 0 Å². The van der Waals surface area contributed by atoms with Gasteiger partial charge in [0, 0.05) is 6.54 Å². The van der Waals surface area contributed by atoms with Crippen molar-refractivity contribution < 1.29 is 31.1 Å². The minimum Gasteiger partial charge on any atom is -0.346 e. The Morgan fingerprint density at radius 2 is 1.49 bits per heavy atom. The molecule has 1 fully saturated rings. The van der Waals surface area contributed by atoms with E-state index in [-0.39, 0.29) is 11.6 Å². The normalized spacial score (nSPS) is 22.2. The highest BCUT2D eigenvalue weighted by Crippen LogP contribution is 2.41. The van der Waals surface area contributed by atoms with Gasteiger partial charge < -0.3 is 10.2 Å². The Bertz CT molecular complexity index is 976. The van der Waals surface area contributed by atoms with Crippen molar-refractivity contribution in [1.82, 2.24) is 10.2 Å². The summed E-state index contributed by atoms with van der Waals surface area (Å²) in [5.74, 6) is -1.38. The summed E-state index contributed by atoms with van der Waals surface area (Å²) >= 11 is 0. The molecule has 0 heterocycles. The van der Waals surface area contributed by atoms with Crippen LogP contribution in [0.5, 0.6) is 0 Å². The molecule has 2 aromatic rings. The molecule has 1 aliphatic carbocycles. The molecule has 3 rings (SSSR count). The molecular weight excluding hydrogens is 470 g/mol. The Hall–Kier alpha value is -2.55. The molecular formula is C26H30F6N2O. The van der Waals surface area contributed by atoms with Gasteiger partial charge in [-0.1, -0.05) is 30.3 Å². The summed E-state index contributed by atoms with van der Waals surface area (Å²) in [5, 5.41) is 3.02. The van der Waals surface area contributed by atoms with Crippen LogP contribution in [0.3, 0.4) is 0 Å². The second kappa shape index (κ2) is 10.2. The van der Waals surface area contributed by atoms with Gasteiger partial charge >= 0.3 is 12.4 Å². The van der Waals surface area contributed by atoms with Gasteiger partial charge in [0.15, 0.2) is 0 Å². The first kappa shape index (κ1) is 27.0. The van der Waals surface area contributed by atoms with Crippen LogP contribution in [-0.2, 0) is 22.7 Å². The number of carbonyl (C=O) groups excluding carboxylic acids is 1. The first-order valence-corrected chi connectivity index (χ1v) is 11.5. The number of halogens is 6. The zero-order chi connectivity index (χ0) is 26.0. The van der Waals surface area contributed by atoms with Gasteiger partial charge in [0.05, 0.1) is 22.6 Å². The molecule has 0 saturated heterocycles. The van der Waals surface area contributed by atoms with E-state index in [2.05, 4.69) is 10.2 Å². The van der Waals surface area contributed by atoms with Gasteiger partial charge in [-0.15, -0.1) is 0 Å². The van der Waals surface area contributed by atoms with Gasteiger partial charge in [0.1, 0.15) is 0 Å². The topological polar surface area (TPSA) is 32.3 Å². The minimum absolute atomic E-state index is 0.0750. The molecule has 3 nitrogen and oxygen atoms in total. The standard InChI is InChI=1S/C26H30F6N2O/c1-17(19-13-21(25(27,28)29)15-22(14-19)26(30,31)32)23(35)33-24(20-7-5-4-6-8-20)11-9-18(10-12-24)16-34(2)3/h4-8,13-15,17-18H,9-12,16H2,1-3H3,(H,33,35)/t17-,18?,24?/m0/s1. The molecule has 1 aliphatic rings. The first-order chi connectivity index (χ1) is 16.2. The predicted octanol–water partition coefficient (Wildman–Crippen LogP) is 6.59. The molecule has 2 aromatic carbocycles. The maximum Gasteiger partial charge on any atom is 0.416 e. The van der Waals surface area contributed by atoms with Crippen LogP contribution in [-0.4, -0.2) is 31.4 Å². The molecule has 1 saturated carbocycles. The van der Waals surface area contributed by atoms with E-state index in [9.17, 15) is 31.1 Å². The molecule has 1 atom stereocenters. The van der Waals surface area contributed by atoms with E-state index in [1.165, 1.54) is 6.92 Å². The van der Waals surface area contributed by atoms with E-state index in [1.54, 1.807) is 0 Å². The molecule has 0 unspecified atom stereocenters. The van der Waals surface area contributed by atoms with Gasteiger partial charge in [-0.25, -0.2) is 0 Å². The molecule has 0 aliphatic heterocycles. The largest absolute Gasteiger partial charge is 0.416 e. The van der Waals surface area contributed by atoms with Crippen LogP contribution in [0.4, 0.5) is 26.3 Å². The number of nitrogens with zero attached hydrogens (tertiary/aromatic N) is 1. The highest BCUT2D eigenvalue weighted by molar-refractivity contribution is 5.84. The third kappa shape index (κ3) is 6.57. The zero-order valence-electron chi connectivity index (χ0n) is 19.9. The summed E-state index contributed by atoms with van der Waals surface area (Å²) in [4.78, 5) is 15.4.